The Kier molecular flexibility index (Phi) is 5.15. The molecule has 1 aromatic heterocycles. The zero-order valence-electron chi connectivity index (χ0n) is 11.0. The molecule has 0 fully saturated rings. The first-order valence-corrected chi connectivity index (χ1v) is 8.98. The Morgan fingerprint density at radius 2 is 2.00 bits per heavy atom. The van der Waals surface area contributed by atoms with Crippen molar-refractivity contribution < 1.29 is 8.42 Å². The highest BCUT2D eigenvalue weighted by Gasteiger charge is 2.11. The van der Waals surface area contributed by atoms with Crippen molar-refractivity contribution in [3.8, 4) is 0 Å². The summed E-state index contributed by atoms with van der Waals surface area (Å²) in [6.45, 7) is 2.29. The van der Waals surface area contributed by atoms with E-state index in [1.54, 1.807) is 35.6 Å². The summed E-state index contributed by atoms with van der Waals surface area (Å²) in [4.78, 5) is 4.29. The number of rotatable bonds is 6. The molecule has 1 heterocycles. The van der Waals surface area contributed by atoms with E-state index in [4.69, 9.17) is 11.6 Å². The van der Waals surface area contributed by atoms with Gasteiger partial charge in [-0.3, -0.25) is 0 Å². The van der Waals surface area contributed by atoms with Crippen molar-refractivity contribution >= 4 is 33.0 Å². The lowest BCUT2D eigenvalue weighted by Gasteiger charge is -2.06. The zero-order chi connectivity index (χ0) is 14.6. The van der Waals surface area contributed by atoms with Crippen molar-refractivity contribution in [1.82, 2.24) is 9.71 Å². The Morgan fingerprint density at radius 3 is 2.60 bits per heavy atom. The van der Waals surface area contributed by atoms with Gasteiger partial charge >= 0.3 is 0 Å². The van der Waals surface area contributed by atoms with Gasteiger partial charge in [-0.05, 0) is 24.6 Å². The van der Waals surface area contributed by atoms with E-state index < -0.39 is 10.0 Å². The number of halogens is 1. The van der Waals surface area contributed by atoms with Gasteiger partial charge in [-0.15, -0.1) is 11.3 Å². The average molecular weight is 331 g/mol. The van der Waals surface area contributed by atoms with Crippen LogP contribution in [0.25, 0.3) is 0 Å². The smallest absolute Gasteiger partial charge is 0.215 e. The first-order chi connectivity index (χ1) is 9.44. The molecule has 2 aromatic rings. The van der Waals surface area contributed by atoms with E-state index in [9.17, 15) is 8.42 Å². The van der Waals surface area contributed by atoms with Crippen LogP contribution in [0.15, 0.2) is 29.6 Å². The summed E-state index contributed by atoms with van der Waals surface area (Å²) in [5.74, 6) is -0.0406. The van der Waals surface area contributed by atoms with Crippen molar-refractivity contribution in [1.29, 1.82) is 0 Å². The lowest BCUT2D eigenvalue weighted by Crippen LogP contribution is -2.27. The summed E-state index contributed by atoms with van der Waals surface area (Å²) in [6, 6.07) is 6.80. The van der Waals surface area contributed by atoms with Crippen LogP contribution in [0.1, 0.15) is 16.3 Å². The number of nitrogens with zero attached hydrogens (tertiary/aromatic N) is 1. The minimum Gasteiger partial charge on any atom is -0.247 e. The molecule has 0 aliphatic carbocycles. The van der Waals surface area contributed by atoms with Gasteiger partial charge in [-0.2, -0.15) is 0 Å². The molecule has 0 aliphatic rings. The van der Waals surface area contributed by atoms with Crippen molar-refractivity contribution in [3.63, 3.8) is 0 Å². The second-order valence-electron chi connectivity index (χ2n) is 4.41. The van der Waals surface area contributed by atoms with Gasteiger partial charge in [-0.25, -0.2) is 18.1 Å². The van der Waals surface area contributed by atoms with Gasteiger partial charge in [-0.1, -0.05) is 23.7 Å². The molecule has 4 nitrogen and oxygen atoms in total. The fraction of sp³-hybridized carbons (Fsp3) is 0.308. The maximum atomic E-state index is 11.9. The number of hydrogen-bond acceptors (Lipinski definition) is 4. The monoisotopic (exact) mass is 330 g/mol. The van der Waals surface area contributed by atoms with Gasteiger partial charge in [0.25, 0.3) is 0 Å². The Balaban J connectivity index is 1.86. The fourth-order valence-electron chi connectivity index (χ4n) is 1.68. The second-order valence-corrected chi connectivity index (χ2v) is 7.60. The molecule has 0 radical (unpaired) electrons. The number of aromatic nitrogens is 1. The molecule has 0 spiro atoms. The van der Waals surface area contributed by atoms with Crippen LogP contribution in [-0.2, 0) is 22.2 Å². The van der Waals surface area contributed by atoms with E-state index in [1.165, 1.54) is 0 Å². The molecule has 0 atom stereocenters. The minimum absolute atomic E-state index is 0.0406. The van der Waals surface area contributed by atoms with Crippen LogP contribution in [0.4, 0.5) is 0 Å². The molecule has 20 heavy (non-hydrogen) atoms. The molecule has 108 valence electrons. The predicted octanol–water partition coefficient (Wildman–Crippen LogP) is 2.77. The standard InChI is InChI=1S/C13H15ClN2O2S2/c1-10-8-19-13(16-10)6-7-15-20(17,18)9-11-2-4-12(14)5-3-11/h2-5,8,15H,6-7,9H2,1H3. The number of aryl methyl sites for hydroxylation is 1. The van der Waals surface area contributed by atoms with E-state index in [0.717, 1.165) is 10.7 Å². The largest absolute Gasteiger partial charge is 0.247 e. The highest BCUT2D eigenvalue weighted by Crippen LogP contribution is 2.12. The summed E-state index contributed by atoms with van der Waals surface area (Å²) in [5.41, 5.74) is 1.68. The van der Waals surface area contributed by atoms with Crippen LogP contribution in [0.3, 0.4) is 0 Å². The van der Waals surface area contributed by atoms with Crippen LogP contribution in [0.2, 0.25) is 5.02 Å². The summed E-state index contributed by atoms with van der Waals surface area (Å²) < 4.78 is 26.4. The number of thiazole rings is 1. The van der Waals surface area contributed by atoms with E-state index in [-0.39, 0.29) is 5.75 Å². The van der Waals surface area contributed by atoms with Crippen molar-refractivity contribution in [2.24, 2.45) is 0 Å². The minimum atomic E-state index is -3.33. The lowest BCUT2D eigenvalue weighted by molar-refractivity contribution is 0.580. The van der Waals surface area contributed by atoms with Gasteiger partial charge in [0.15, 0.2) is 0 Å². The van der Waals surface area contributed by atoms with Crippen LogP contribution in [0.5, 0.6) is 0 Å². The van der Waals surface area contributed by atoms with E-state index in [2.05, 4.69) is 9.71 Å². The summed E-state index contributed by atoms with van der Waals surface area (Å²) in [6.07, 6.45) is 0.609. The molecule has 1 N–H and O–H groups in total. The van der Waals surface area contributed by atoms with E-state index in [0.29, 0.717) is 23.6 Å². The topological polar surface area (TPSA) is 59.1 Å². The van der Waals surface area contributed by atoms with E-state index in [1.807, 2.05) is 12.3 Å². The highest BCUT2D eigenvalue weighted by molar-refractivity contribution is 7.88. The van der Waals surface area contributed by atoms with Crippen LogP contribution in [-0.4, -0.2) is 19.9 Å². The third kappa shape index (κ3) is 4.86. The normalized spacial score (nSPS) is 11.7. The molecule has 0 bridgehead atoms. The van der Waals surface area contributed by atoms with Gasteiger partial charge in [0.05, 0.1) is 10.8 Å². The van der Waals surface area contributed by atoms with Crippen LogP contribution < -0.4 is 4.72 Å². The lowest BCUT2D eigenvalue weighted by atomic mass is 10.2. The molecule has 7 heteroatoms. The first-order valence-electron chi connectivity index (χ1n) is 6.07. The molecule has 0 aliphatic heterocycles. The predicted molar refractivity (Wildman–Crippen MR) is 82.6 cm³/mol. The number of nitrogens with one attached hydrogen (secondary N) is 1. The van der Waals surface area contributed by atoms with Crippen LogP contribution in [0, 0.1) is 6.92 Å². The summed E-state index contributed by atoms with van der Waals surface area (Å²) in [7, 11) is -3.33. The maximum Gasteiger partial charge on any atom is 0.215 e. The van der Waals surface area contributed by atoms with Gasteiger partial charge in [0.1, 0.15) is 0 Å². The third-order valence-electron chi connectivity index (χ3n) is 2.60. The SMILES string of the molecule is Cc1csc(CCNS(=O)(=O)Cc2ccc(Cl)cc2)n1. The van der Waals surface area contributed by atoms with E-state index >= 15 is 0 Å². The molecule has 0 saturated carbocycles. The third-order valence-corrected chi connectivity index (χ3v) is 5.23. The number of benzene rings is 1. The molecule has 1 aromatic carbocycles. The second kappa shape index (κ2) is 6.67. The molecule has 0 amide bonds. The molecule has 2 rings (SSSR count). The van der Waals surface area contributed by atoms with Gasteiger partial charge in [0, 0.05) is 29.1 Å². The molecular weight excluding hydrogens is 316 g/mol. The molecular formula is C13H15ClN2O2S2. The quantitative estimate of drug-likeness (QED) is 0.886. The number of sulfonamides is 1. The zero-order valence-corrected chi connectivity index (χ0v) is 13.4. The highest BCUT2D eigenvalue weighted by atomic mass is 35.5. The Morgan fingerprint density at radius 1 is 1.30 bits per heavy atom. The molecule has 0 saturated heterocycles. The Hall–Kier alpha value is -0.950. The maximum absolute atomic E-state index is 11.9. The average Bonchev–Trinajstić information content (AvgIpc) is 2.77. The fourth-order valence-corrected chi connectivity index (χ4v) is 3.73. The Labute approximate surface area is 127 Å². The summed E-state index contributed by atoms with van der Waals surface area (Å²) >= 11 is 7.31. The van der Waals surface area contributed by atoms with Gasteiger partial charge < -0.3 is 0 Å². The molecule has 0 unspecified atom stereocenters. The van der Waals surface area contributed by atoms with Crippen molar-refractivity contribution in [2.45, 2.75) is 19.1 Å². The number of hydrogen-bond donors (Lipinski definition) is 1. The van der Waals surface area contributed by atoms with Crippen LogP contribution >= 0.6 is 22.9 Å². The van der Waals surface area contributed by atoms with Crippen molar-refractivity contribution in [3.05, 3.63) is 50.9 Å². The van der Waals surface area contributed by atoms with Crippen molar-refractivity contribution in [2.75, 3.05) is 6.54 Å². The van der Waals surface area contributed by atoms with Gasteiger partial charge in [0.2, 0.25) is 10.0 Å². The Bertz CT molecular complexity index is 666. The first kappa shape index (κ1) is 15.4. The summed E-state index contributed by atoms with van der Waals surface area (Å²) in [5, 5.41) is 3.49.